The summed E-state index contributed by atoms with van der Waals surface area (Å²) >= 11 is 0. The number of hydrogen-bond acceptors (Lipinski definition) is 6. The van der Waals surface area contributed by atoms with Gasteiger partial charge in [-0.25, -0.2) is 0 Å². The van der Waals surface area contributed by atoms with Crippen LogP contribution >= 0.6 is 0 Å². The van der Waals surface area contributed by atoms with Gasteiger partial charge in [-0.2, -0.15) is 0 Å². The van der Waals surface area contributed by atoms with Gasteiger partial charge in [0.2, 0.25) is 0 Å². The molecule has 0 aliphatic heterocycles. The van der Waals surface area contributed by atoms with Crippen molar-refractivity contribution in [2.75, 3.05) is 0 Å². The highest BCUT2D eigenvalue weighted by Gasteiger charge is 2.19. The smallest absolute Gasteiger partial charge is 0.143 e. The van der Waals surface area contributed by atoms with E-state index in [1.165, 1.54) is 12.1 Å². The minimum absolute atomic E-state index is 0.00904. The van der Waals surface area contributed by atoms with Gasteiger partial charge in [0.15, 0.2) is 0 Å². The average Bonchev–Trinajstić information content (AvgIpc) is 3.17. The molecule has 0 fully saturated rings. The van der Waals surface area contributed by atoms with Gasteiger partial charge in [0.05, 0.1) is 0 Å². The Morgan fingerprint density at radius 1 is 0.600 bits per heavy atom. The molecule has 4 aromatic carbocycles. The van der Waals surface area contributed by atoms with E-state index in [0.29, 0.717) is 34.5 Å². The minimum Gasteiger partial charge on any atom is -0.508 e. The molecule has 0 radical (unpaired) electrons. The van der Waals surface area contributed by atoms with Gasteiger partial charge in [-0.1, -0.05) is 18.2 Å². The van der Waals surface area contributed by atoms with Crippen molar-refractivity contribution in [1.82, 2.24) is 0 Å². The van der Waals surface area contributed by atoms with Crippen molar-refractivity contribution in [3.05, 3.63) is 96.1 Å². The van der Waals surface area contributed by atoms with E-state index in [-0.39, 0.29) is 28.7 Å². The van der Waals surface area contributed by atoms with Gasteiger partial charge < -0.3 is 29.9 Å². The second-order valence-corrected chi connectivity index (χ2v) is 8.31. The molecular formula is C29H22O6. The normalized spacial score (nSPS) is 11.4. The van der Waals surface area contributed by atoms with E-state index in [2.05, 4.69) is 0 Å². The quantitative estimate of drug-likeness (QED) is 0.201. The van der Waals surface area contributed by atoms with Crippen molar-refractivity contribution in [1.29, 1.82) is 0 Å². The second kappa shape index (κ2) is 8.83. The number of rotatable bonds is 5. The number of phenolic OH excluding ortho intramolecular Hbond substituents is 5. The minimum atomic E-state index is -0.0699. The van der Waals surface area contributed by atoms with Gasteiger partial charge in [0, 0.05) is 28.6 Å². The Kier molecular flexibility index (Phi) is 5.55. The van der Waals surface area contributed by atoms with Crippen LogP contribution in [-0.4, -0.2) is 25.5 Å². The third-order valence-electron chi connectivity index (χ3n) is 5.66. The average molecular weight is 466 g/mol. The largest absolute Gasteiger partial charge is 0.508 e. The third kappa shape index (κ3) is 4.63. The van der Waals surface area contributed by atoms with Crippen LogP contribution in [0.15, 0.2) is 89.4 Å². The van der Waals surface area contributed by atoms with Gasteiger partial charge >= 0.3 is 0 Å². The summed E-state index contributed by atoms with van der Waals surface area (Å²) < 4.78 is 6.20. The third-order valence-corrected chi connectivity index (χ3v) is 5.66. The van der Waals surface area contributed by atoms with Crippen LogP contribution in [0.1, 0.15) is 11.1 Å². The van der Waals surface area contributed by atoms with Gasteiger partial charge in [0.1, 0.15) is 40.1 Å². The second-order valence-electron chi connectivity index (χ2n) is 8.31. The van der Waals surface area contributed by atoms with E-state index in [9.17, 15) is 25.5 Å². The molecule has 6 heteroatoms. The molecule has 0 spiro atoms. The van der Waals surface area contributed by atoms with E-state index < -0.39 is 0 Å². The monoisotopic (exact) mass is 466 g/mol. The Hall–Kier alpha value is -4.84. The molecule has 0 saturated heterocycles. The zero-order valence-corrected chi connectivity index (χ0v) is 18.5. The topological polar surface area (TPSA) is 114 Å². The van der Waals surface area contributed by atoms with Gasteiger partial charge in [-0.3, -0.25) is 0 Å². The van der Waals surface area contributed by atoms with E-state index >= 15 is 0 Å². The zero-order valence-electron chi connectivity index (χ0n) is 18.5. The first kappa shape index (κ1) is 22.0. The molecule has 0 amide bonds. The van der Waals surface area contributed by atoms with Gasteiger partial charge in [-0.15, -0.1) is 0 Å². The molecule has 0 atom stereocenters. The van der Waals surface area contributed by atoms with Crippen LogP contribution in [0.5, 0.6) is 28.7 Å². The molecule has 0 aliphatic carbocycles. The number of allylic oxidation sites excluding steroid dienone is 1. The number of benzene rings is 4. The van der Waals surface area contributed by atoms with Crippen LogP contribution in [0, 0.1) is 0 Å². The fraction of sp³-hybridized carbons (Fsp3) is 0.0345. The molecule has 0 bridgehead atoms. The van der Waals surface area contributed by atoms with Crippen LogP contribution in [0.25, 0.3) is 39.5 Å². The Morgan fingerprint density at radius 3 is 1.89 bits per heavy atom. The Balaban J connectivity index is 1.59. The van der Waals surface area contributed by atoms with E-state index in [1.807, 2.05) is 30.4 Å². The zero-order chi connectivity index (χ0) is 24.5. The molecule has 5 N–H and O–H groups in total. The highest BCUT2D eigenvalue weighted by molar-refractivity contribution is 6.02. The maximum absolute atomic E-state index is 10.1. The van der Waals surface area contributed by atoms with E-state index in [1.54, 1.807) is 48.5 Å². The highest BCUT2D eigenvalue weighted by atomic mass is 16.3. The summed E-state index contributed by atoms with van der Waals surface area (Å²) in [6, 6.07) is 21.2. The standard InChI is InChI=1S/C29H22O6/c30-21-7-5-19(6-8-21)29-28(20-13-24(33)16-25(34)14-20)26-12-17(4-9-27(26)35-29)2-1-3-18-10-22(31)15-23(32)11-18/h1,3-16,30-34H,2H2/b3-1+. The predicted molar refractivity (Wildman–Crippen MR) is 135 cm³/mol. The van der Waals surface area contributed by atoms with Crippen molar-refractivity contribution < 1.29 is 29.9 Å². The van der Waals surface area contributed by atoms with Gasteiger partial charge in [-0.05, 0) is 83.8 Å². The molecule has 6 nitrogen and oxygen atoms in total. The lowest BCUT2D eigenvalue weighted by atomic mass is 9.96. The van der Waals surface area contributed by atoms with Crippen molar-refractivity contribution in [3.8, 4) is 51.2 Å². The van der Waals surface area contributed by atoms with E-state index in [0.717, 1.165) is 16.5 Å². The number of furan rings is 1. The first-order valence-electron chi connectivity index (χ1n) is 10.9. The Bertz CT molecular complexity index is 1520. The first-order valence-corrected chi connectivity index (χ1v) is 10.9. The first-order chi connectivity index (χ1) is 16.9. The van der Waals surface area contributed by atoms with Crippen LogP contribution in [0.3, 0.4) is 0 Å². The highest BCUT2D eigenvalue weighted by Crippen LogP contribution is 2.43. The van der Waals surface area contributed by atoms with Crippen molar-refractivity contribution in [2.45, 2.75) is 6.42 Å². The number of phenols is 5. The fourth-order valence-corrected chi connectivity index (χ4v) is 4.16. The number of hydrogen-bond donors (Lipinski definition) is 5. The summed E-state index contributed by atoms with van der Waals surface area (Å²) in [6.07, 6.45) is 4.32. The van der Waals surface area contributed by atoms with Crippen LogP contribution in [0.2, 0.25) is 0 Å². The number of aromatic hydroxyl groups is 5. The summed E-state index contributed by atoms with van der Waals surface area (Å²) in [7, 11) is 0. The molecule has 0 saturated carbocycles. The summed E-state index contributed by atoms with van der Waals surface area (Å²) in [6.45, 7) is 0. The molecule has 35 heavy (non-hydrogen) atoms. The number of fused-ring (bicyclic) bond motifs is 1. The van der Waals surface area contributed by atoms with Crippen LogP contribution in [-0.2, 0) is 6.42 Å². The Morgan fingerprint density at radius 2 is 1.23 bits per heavy atom. The molecule has 5 aromatic rings. The molecule has 1 aromatic heterocycles. The van der Waals surface area contributed by atoms with E-state index in [4.69, 9.17) is 4.42 Å². The maximum atomic E-state index is 10.1. The molecular weight excluding hydrogens is 444 g/mol. The molecule has 0 aliphatic rings. The fourth-order valence-electron chi connectivity index (χ4n) is 4.16. The van der Waals surface area contributed by atoms with Crippen molar-refractivity contribution >= 4 is 17.0 Å². The predicted octanol–water partition coefficient (Wildman–Crippen LogP) is 6.55. The molecule has 0 unspecified atom stereocenters. The summed E-state index contributed by atoms with van der Waals surface area (Å²) in [4.78, 5) is 0. The van der Waals surface area contributed by atoms with Crippen LogP contribution < -0.4 is 0 Å². The van der Waals surface area contributed by atoms with Crippen molar-refractivity contribution in [2.24, 2.45) is 0 Å². The van der Waals surface area contributed by atoms with Crippen molar-refractivity contribution in [3.63, 3.8) is 0 Å². The SMILES string of the molecule is Oc1ccc(-c2oc3ccc(C/C=C/c4cc(O)cc(O)c4)cc3c2-c2cc(O)cc(O)c2)cc1. The lowest BCUT2D eigenvalue weighted by Gasteiger charge is -2.07. The maximum Gasteiger partial charge on any atom is 0.143 e. The molecule has 1 heterocycles. The summed E-state index contributed by atoms with van der Waals surface area (Å²) in [5.41, 5.74) is 4.34. The van der Waals surface area contributed by atoms with Crippen LogP contribution in [0.4, 0.5) is 0 Å². The molecule has 174 valence electrons. The summed E-state index contributed by atoms with van der Waals surface area (Å²) in [5.74, 6) is 0.526. The van der Waals surface area contributed by atoms with Gasteiger partial charge in [0.25, 0.3) is 0 Å². The lowest BCUT2D eigenvalue weighted by molar-refractivity contribution is 0.449. The lowest BCUT2D eigenvalue weighted by Crippen LogP contribution is -1.84. The molecule has 5 rings (SSSR count). The summed E-state index contributed by atoms with van der Waals surface area (Å²) in [5, 5.41) is 50.1. The Labute approximate surface area is 200 Å².